The van der Waals surface area contributed by atoms with E-state index in [1.807, 2.05) is 12.1 Å². The lowest BCUT2D eigenvalue weighted by Crippen LogP contribution is -2.18. The summed E-state index contributed by atoms with van der Waals surface area (Å²) in [5, 5.41) is 0. The second-order valence-electron chi connectivity index (χ2n) is 3.50. The van der Waals surface area contributed by atoms with Gasteiger partial charge in [0.25, 0.3) is 0 Å². The maximum absolute atomic E-state index is 11.4. The zero-order chi connectivity index (χ0) is 9.47. The van der Waals surface area contributed by atoms with Crippen LogP contribution in [0.4, 0.5) is 0 Å². The lowest BCUT2D eigenvalue weighted by atomic mass is 9.97. The second-order valence-corrected chi connectivity index (χ2v) is 4.42. The van der Waals surface area contributed by atoms with Gasteiger partial charge in [-0.1, -0.05) is 0 Å². The van der Waals surface area contributed by atoms with Gasteiger partial charge in [0.05, 0.1) is 11.1 Å². The van der Waals surface area contributed by atoms with Crippen molar-refractivity contribution in [2.45, 2.75) is 25.2 Å². The minimum Gasteiger partial charge on any atom is -0.299 e. The molecule has 3 heteroatoms. The van der Waals surface area contributed by atoms with E-state index in [0.717, 1.165) is 23.0 Å². The first-order chi connectivity index (χ1) is 6.15. The molecule has 1 saturated carbocycles. The summed E-state index contributed by atoms with van der Waals surface area (Å²) in [5.74, 6) is 0.238. The maximum atomic E-state index is 11.4. The smallest absolute Gasteiger partial charge is 0.141 e. The van der Waals surface area contributed by atoms with Crippen LogP contribution in [0, 0.1) is 0 Å². The summed E-state index contributed by atoms with van der Waals surface area (Å²) in [4.78, 5) is 15.6. The van der Waals surface area contributed by atoms with E-state index in [0.29, 0.717) is 0 Å². The number of aromatic nitrogens is 1. The Morgan fingerprint density at radius 2 is 2.23 bits per heavy atom. The van der Waals surface area contributed by atoms with E-state index < -0.39 is 0 Å². The molecule has 0 aliphatic heterocycles. The molecule has 1 aliphatic carbocycles. The number of pyridine rings is 1. The van der Waals surface area contributed by atoms with Gasteiger partial charge >= 0.3 is 0 Å². The standard InChI is InChI=1S/C10H10BrNO/c1-7(13)10(4-5-10)9-3-2-8(11)6-12-9/h2-3,6H,4-5H2,1H3. The molecule has 1 aromatic heterocycles. The predicted molar refractivity (Wildman–Crippen MR) is 53.5 cm³/mol. The van der Waals surface area contributed by atoms with E-state index in [9.17, 15) is 4.79 Å². The number of carbonyl (C=O) groups is 1. The molecule has 1 fully saturated rings. The number of hydrogen-bond acceptors (Lipinski definition) is 2. The SMILES string of the molecule is CC(=O)C1(c2ccc(Br)cn2)CC1. The molecule has 0 amide bonds. The molecule has 68 valence electrons. The van der Waals surface area contributed by atoms with Crippen molar-refractivity contribution in [1.82, 2.24) is 4.98 Å². The molecule has 0 unspecified atom stereocenters. The van der Waals surface area contributed by atoms with E-state index in [1.54, 1.807) is 13.1 Å². The molecule has 1 aromatic rings. The third-order valence-corrected chi connectivity index (χ3v) is 3.11. The molecule has 0 bridgehead atoms. The van der Waals surface area contributed by atoms with Crippen molar-refractivity contribution in [2.24, 2.45) is 0 Å². The third kappa shape index (κ3) is 1.41. The molecule has 0 atom stereocenters. The van der Waals surface area contributed by atoms with E-state index in [4.69, 9.17) is 0 Å². The van der Waals surface area contributed by atoms with Crippen molar-refractivity contribution in [1.29, 1.82) is 0 Å². The maximum Gasteiger partial charge on any atom is 0.141 e. The molecule has 0 saturated heterocycles. The van der Waals surface area contributed by atoms with Gasteiger partial charge in [0.1, 0.15) is 5.78 Å². The molecule has 0 spiro atoms. The molecule has 0 aromatic carbocycles. The molecule has 0 radical (unpaired) electrons. The normalized spacial score (nSPS) is 18.3. The van der Waals surface area contributed by atoms with Gasteiger partial charge < -0.3 is 0 Å². The van der Waals surface area contributed by atoms with Crippen LogP contribution in [0.2, 0.25) is 0 Å². The van der Waals surface area contributed by atoms with E-state index in [-0.39, 0.29) is 11.2 Å². The Bertz CT molecular complexity index is 340. The number of nitrogens with zero attached hydrogens (tertiary/aromatic N) is 1. The third-order valence-electron chi connectivity index (χ3n) is 2.64. The summed E-state index contributed by atoms with van der Waals surface area (Å²) in [6, 6.07) is 3.86. The Balaban J connectivity index is 2.36. The van der Waals surface area contributed by atoms with Gasteiger partial charge in [-0.25, -0.2) is 0 Å². The highest BCUT2D eigenvalue weighted by molar-refractivity contribution is 9.10. The largest absolute Gasteiger partial charge is 0.299 e. The summed E-state index contributed by atoms with van der Waals surface area (Å²) in [5.41, 5.74) is 0.684. The predicted octanol–water partition coefficient (Wildman–Crippen LogP) is 2.46. The second kappa shape index (κ2) is 2.91. The van der Waals surface area contributed by atoms with Crippen molar-refractivity contribution in [3.63, 3.8) is 0 Å². The molecule has 0 N–H and O–H groups in total. The van der Waals surface area contributed by atoms with Crippen molar-refractivity contribution >= 4 is 21.7 Å². The highest BCUT2D eigenvalue weighted by Gasteiger charge is 2.49. The number of rotatable bonds is 2. The fourth-order valence-corrected chi connectivity index (χ4v) is 1.81. The average Bonchev–Trinajstić information content (AvgIpc) is 2.86. The summed E-state index contributed by atoms with van der Waals surface area (Å²) >= 11 is 3.32. The molecular weight excluding hydrogens is 230 g/mol. The fraction of sp³-hybridized carbons (Fsp3) is 0.400. The summed E-state index contributed by atoms with van der Waals surface area (Å²) in [6.07, 6.45) is 3.66. The lowest BCUT2D eigenvalue weighted by Gasteiger charge is -2.09. The molecule has 1 heterocycles. The number of ketones is 1. The van der Waals surface area contributed by atoms with Crippen LogP contribution in [-0.2, 0) is 10.2 Å². The molecule has 1 aliphatic rings. The molecule has 2 nitrogen and oxygen atoms in total. The van der Waals surface area contributed by atoms with Crippen molar-refractivity contribution in [2.75, 3.05) is 0 Å². The lowest BCUT2D eigenvalue weighted by molar-refractivity contribution is -0.119. The molecule has 13 heavy (non-hydrogen) atoms. The summed E-state index contributed by atoms with van der Waals surface area (Å²) in [6.45, 7) is 1.65. The van der Waals surface area contributed by atoms with Gasteiger partial charge in [-0.05, 0) is 47.8 Å². The van der Waals surface area contributed by atoms with Gasteiger partial charge in [-0.15, -0.1) is 0 Å². The number of hydrogen-bond donors (Lipinski definition) is 0. The van der Waals surface area contributed by atoms with Crippen LogP contribution in [0.3, 0.4) is 0 Å². The highest BCUT2D eigenvalue weighted by Crippen LogP contribution is 2.48. The number of Topliss-reactive ketones (excluding diaryl/α,β-unsaturated/α-hetero) is 1. The highest BCUT2D eigenvalue weighted by atomic mass is 79.9. The van der Waals surface area contributed by atoms with Crippen molar-refractivity contribution in [3.8, 4) is 0 Å². The topological polar surface area (TPSA) is 30.0 Å². The molecule has 2 rings (SSSR count). The van der Waals surface area contributed by atoms with Crippen LogP contribution in [0.1, 0.15) is 25.5 Å². The quantitative estimate of drug-likeness (QED) is 0.794. The minimum absolute atomic E-state index is 0.235. The zero-order valence-electron chi connectivity index (χ0n) is 7.38. The van der Waals surface area contributed by atoms with Gasteiger partial charge in [0.2, 0.25) is 0 Å². The monoisotopic (exact) mass is 239 g/mol. The van der Waals surface area contributed by atoms with Crippen molar-refractivity contribution in [3.05, 3.63) is 28.5 Å². The Kier molecular flexibility index (Phi) is 1.99. The van der Waals surface area contributed by atoms with Gasteiger partial charge in [0, 0.05) is 10.7 Å². The van der Waals surface area contributed by atoms with Gasteiger partial charge in [-0.3, -0.25) is 9.78 Å². The summed E-state index contributed by atoms with van der Waals surface area (Å²) in [7, 11) is 0. The van der Waals surface area contributed by atoms with E-state index >= 15 is 0 Å². The zero-order valence-corrected chi connectivity index (χ0v) is 8.97. The first-order valence-electron chi connectivity index (χ1n) is 4.28. The number of halogens is 1. The Morgan fingerprint density at radius 3 is 2.62 bits per heavy atom. The minimum atomic E-state index is -0.235. The first kappa shape index (κ1) is 8.88. The van der Waals surface area contributed by atoms with Crippen molar-refractivity contribution < 1.29 is 4.79 Å². The van der Waals surface area contributed by atoms with Crippen LogP contribution in [0.5, 0.6) is 0 Å². The fourth-order valence-electron chi connectivity index (χ4n) is 1.57. The first-order valence-corrected chi connectivity index (χ1v) is 5.07. The van der Waals surface area contributed by atoms with E-state index in [2.05, 4.69) is 20.9 Å². The Hall–Kier alpha value is -0.700. The van der Waals surface area contributed by atoms with Crippen LogP contribution < -0.4 is 0 Å². The summed E-state index contributed by atoms with van der Waals surface area (Å²) < 4.78 is 0.954. The van der Waals surface area contributed by atoms with Crippen LogP contribution in [-0.4, -0.2) is 10.8 Å². The average molecular weight is 240 g/mol. The Labute approximate surface area is 85.5 Å². The molecular formula is C10H10BrNO. The van der Waals surface area contributed by atoms with E-state index in [1.165, 1.54) is 0 Å². The van der Waals surface area contributed by atoms with Gasteiger partial charge in [0.15, 0.2) is 0 Å². The number of carbonyl (C=O) groups excluding carboxylic acids is 1. The van der Waals surface area contributed by atoms with Crippen LogP contribution in [0.15, 0.2) is 22.8 Å². The van der Waals surface area contributed by atoms with Crippen LogP contribution in [0.25, 0.3) is 0 Å². The Morgan fingerprint density at radius 1 is 1.54 bits per heavy atom. The van der Waals surface area contributed by atoms with Crippen LogP contribution >= 0.6 is 15.9 Å². The van der Waals surface area contributed by atoms with Gasteiger partial charge in [-0.2, -0.15) is 0 Å².